The fourth-order valence-electron chi connectivity index (χ4n) is 1.77. The van der Waals surface area contributed by atoms with Gasteiger partial charge in [0.1, 0.15) is 9.84 Å². The Morgan fingerprint density at radius 3 is 2.84 bits per heavy atom. The first-order valence-electron chi connectivity index (χ1n) is 6.51. The van der Waals surface area contributed by atoms with Crippen molar-refractivity contribution in [2.75, 3.05) is 30.5 Å². The Balaban J connectivity index is 1.92. The molecule has 0 atom stereocenters. The molecular weight excluding hydrogens is 262 g/mol. The first-order chi connectivity index (χ1) is 8.94. The number of pyridine rings is 1. The molecule has 106 valence electrons. The first-order valence-corrected chi connectivity index (χ1v) is 8.57. The van der Waals surface area contributed by atoms with Gasteiger partial charge in [0.05, 0.1) is 11.4 Å². The van der Waals surface area contributed by atoms with E-state index in [4.69, 9.17) is 0 Å². The predicted molar refractivity (Wildman–Crippen MR) is 77.1 cm³/mol. The van der Waals surface area contributed by atoms with Crippen LogP contribution in [0, 0.1) is 0 Å². The van der Waals surface area contributed by atoms with Gasteiger partial charge < -0.3 is 10.2 Å². The maximum absolute atomic E-state index is 11.2. The highest BCUT2D eigenvalue weighted by molar-refractivity contribution is 7.90. The molecule has 0 aromatic carbocycles. The van der Waals surface area contributed by atoms with E-state index in [1.54, 1.807) is 6.20 Å². The summed E-state index contributed by atoms with van der Waals surface area (Å²) in [6.45, 7) is 1.27. The molecule has 1 N–H and O–H groups in total. The van der Waals surface area contributed by atoms with E-state index in [1.165, 1.54) is 19.1 Å². The Morgan fingerprint density at radius 2 is 2.21 bits per heavy atom. The van der Waals surface area contributed by atoms with Crippen LogP contribution >= 0.6 is 0 Å². The highest BCUT2D eigenvalue weighted by atomic mass is 32.2. The maximum Gasteiger partial charge on any atom is 0.149 e. The molecule has 2 rings (SSSR count). The van der Waals surface area contributed by atoms with Gasteiger partial charge in [0.25, 0.3) is 0 Å². The van der Waals surface area contributed by atoms with Crippen LogP contribution in [-0.4, -0.2) is 45.0 Å². The van der Waals surface area contributed by atoms with Crippen molar-refractivity contribution in [2.45, 2.75) is 25.4 Å². The van der Waals surface area contributed by atoms with E-state index in [2.05, 4.69) is 10.3 Å². The zero-order valence-corrected chi connectivity index (χ0v) is 12.3. The lowest BCUT2D eigenvalue weighted by molar-refractivity contribution is 0.601. The quantitative estimate of drug-likeness (QED) is 0.802. The molecule has 1 saturated carbocycles. The molecular formula is C13H21N3O2S. The molecule has 1 aliphatic carbocycles. The fourth-order valence-corrected chi connectivity index (χ4v) is 2.37. The van der Waals surface area contributed by atoms with Gasteiger partial charge in [-0.2, -0.15) is 0 Å². The Labute approximate surface area is 114 Å². The van der Waals surface area contributed by atoms with E-state index < -0.39 is 9.84 Å². The predicted octanol–water partition coefficient (Wildman–Crippen LogP) is 0.814. The summed E-state index contributed by atoms with van der Waals surface area (Å²) < 4.78 is 22.3. The summed E-state index contributed by atoms with van der Waals surface area (Å²) in [5, 5.41) is 3.42. The Hall–Kier alpha value is -1.14. The highest BCUT2D eigenvalue weighted by Gasteiger charge is 2.20. The van der Waals surface area contributed by atoms with Crippen molar-refractivity contribution in [3.63, 3.8) is 0 Å². The summed E-state index contributed by atoms with van der Waals surface area (Å²) in [5.74, 6) is 0.168. The van der Waals surface area contributed by atoms with Crippen LogP contribution in [0.1, 0.15) is 18.5 Å². The summed E-state index contributed by atoms with van der Waals surface area (Å²) in [7, 11) is -1.02. The lowest BCUT2D eigenvalue weighted by Gasteiger charge is -2.19. The van der Waals surface area contributed by atoms with Gasteiger partial charge in [0.15, 0.2) is 0 Å². The number of nitrogens with one attached hydrogen (secondary N) is 1. The second-order valence-corrected chi connectivity index (χ2v) is 7.47. The van der Waals surface area contributed by atoms with Crippen molar-refractivity contribution in [1.29, 1.82) is 0 Å². The smallest absolute Gasteiger partial charge is 0.149 e. The molecule has 0 bridgehead atoms. The Kier molecular flexibility index (Phi) is 4.42. The van der Waals surface area contributed by atoms with Crippen molar-refractivity contribution in [2.24, 2.45) is 0 Å². The van der Waals surface area contributed by atoms with E-state index in [1.807, 2.05) is 24.1 Å². The van der Waals surface area contributed by atoms with E-state index in [0.29, 0.717) is 12.6 Å². The molecule has 0 spiro atoms. The van der Waals surface area contributed by atoms with Crippen molar-refractivity contribution in [3.05, 3.63) is 24.0 Å². The summed E-state index contributed by atoms with van der Waals surface area (Å²) in [6, 6.07) is 4.58. The normalized spacial score (nSPS) is 15.5. The van der Waals surface area contributed by atoms with Crippen LogP contribution in [0.25, 0.3) is 0 Å². The third-order valence-corrected chi connectivity index (χ3v) is 4.11. The number of rotatable bonds is 7. The molecule has 1 heterocycles. The van der Waals surface area contributed by atoms with Crippen LogP contribution < -0.4 is 10.2 Å². The monoisotopic (exact) mass is 283 g/mol. The minimum atomic E-state index is -2.92. The van der Waals surface area contributed by atoms with E-state index in [-0.39, 0.29) is 5.75 Å². The van der Waals surface area contributed by atoms with Crippen LogP contribution in [0.4, 0.5) is 5.69 Å². The molecule has 5 nitrogen and oxygen atoms in total. The minimum absolute atomic E-state index is 0.168. The third-order valence-electron chi connectivity index (χ3n) is 3.19. The van der Waals surface area contributed by atoms with Gasteiger partial charge in [0, 0.05) is 44.3 Å². The number of anilines is 1. The van der Waals surface area contributed by atoms with E-state index in [9.17, 15) is 8.42 Å². The van der Waals surface area contributed by atoms with Gasteiger partial charge in [-0.1, -0.05) is 0 Å². The van der Waals surface area contributed by atoms with Crippen molar-refractivity contribution >= 4 is 15.5 Å². The molecule has 0 saturated heterocycles. The second-order valence-electron chi connectivity index (χ2n) is 5.21. The first kappa shape index (κ1) is 14.3. The Bertz CT molecular complexity index is 526. The summed E-state index contributed by atoms with van der Waals surface area (Å²) >= 11 is 0. The maximum atomic E-state index is 11.2. The number of nitrogens with zero attached hydrogens (tertiary/aromatic N) is 2. The number of hydrogen-bond donors (Lipinski definition) is 1. The molecule has 19 heavy (non-hydrogen) atoms. The van der Waals surface area contributed by atoms with Crippen molar-refractivity contribution in [3.8, 4) is 0 Å². The zero-order valence-electron chi connectivity index (χ0n) is 11.5. The SMILES string of the molecule is CN(CCS(C)(=O)=O)c1ccnc(CNC2CC2)c1. The molecule has 1 aromatic heterocycles. The molecule has 0 unspecified atom stereocenters. The molecule has 1 aliphatic rings. The molecule has 0 radical (unpaired) electrons. The summed E-state index contributed by atoms with van der Waals surface area (Å²) in [4.78, 5) is 6.27. The molecule has 0 amide bonds. The van der Waals surface area contributed by atoms with Gasteiger partial charge in [-0.15, -0.1) is 0 Å². The average molecular weight is 283 g/mol. The number of aromatic nitrogens is 1. The van der Waals surface area contributed by atoms with E-state index >= 15 is 0 Å². The van der Waals surface area contributed by atoms with Crippen LogP contribution in [0.2, 0.25) is 0 Å². The van der Waals surface area contributed by atoms with Crippen LogP contribution in [0.5, 0.6) is 0 Å². The lowest BCUT2D eigenvalue weighted by Crippen LogP contribution is -2.25. The molecule has 1 fully saturated rings. The number of hydrogen-bond acceptors (Lipinski definition) is 5. The van der Waals surface area contributed by atoms with Gasteiger partial charge in [-0.3, -0.25) is 4.98 Å². The van der Waals surface area contributed by atoms with Crippen LogP contribution in [0.15, 0.2) is 18.3 Å². The third kappa shape index (κ3) is 5.16. The number of sulfone groups is 1. The largest absolute Gasteiger partial charge is 0.373 e. The van der Waals surface area contributed by atoms with Crippen LogP contribution in [-0.2, 0) is 16.4 Å². The van der Waals surface area contributed by atoms with Crippen LogP contribution in [0.3, 0.4) is 0 Å². The van der Waals surface area contributed by atoms with Crippen molar-refractivity contribution in [1.82, 2.24) is 10.3 Å². The average Bonchev–Trinajstić information content (AvgIpc) is 3.17. The van der Waals surface area contributed by atoms with Gasteiger partial charge >= 0.3 is 0 Å². The highest BCUT2D eigenvalue weighted by Crippen LogP contribution is 2.19. The minimum Gasteiger partial charge on any atom is -0.373 e. The van der Waals surface area contributed by atoms with Crippen molar-refractivity contribution < 1.29 is 8.42 Å². The Morgan fingerprint density at radius 1 is 1.47 bits per heavy atom. The second kappa shape index (κ2) is 5.88. The zero-order chi connectivity index (χ0) is 13.9. The standard InChI is InChI=1S/C13H21N3O2S/c1-16(7-8-19(2,17)18)13-5-6-14-12(9-13)10-15-11-3-4-11/h5-6,9,11,15H,3-4,7-8,10H2,1-2H3. The summed E-state index contributed by atoms with van der Waals surface area (Å²) in [5.41, 5.74) is 2.00. The lowest BCUT2D eigenvalue weighted by atomic mass is 10.3. The fraction of sp³-hybridized carbons (Fsp3) is 0.615. The topological polar surface area (TPSA) is 62.3 Å². The van der Waals surface area contributed by atoms with Gasteiger partial charge in [-0.25, -0.2) is 8.42 Å². The molecule has 1 aromatic rings. The van der Waals surface area contributed by atoms with Gasteiger partial charge in [0.2, 0.25) is 0 Å². The van der Waals surface area contributed by atoms with Gasteiger partial charge in [-0.05, 0) is 25.0 Å². The summed E-state index contributed by atoms with van der Waals surface area (Å²) in [6.07, 6.45) is 5.55. The molecule has 0 aliphatic heterocycles. The van der Waals surface area contributed by atoms with E-state index in [0.717, 1.165) is 17.9 Å². The molecule has 6 heteroatoms.